The van der Waals surface area contributed by atoms with E-state index in [1.165, 1.54) is 12.8 Å². The molecule has 0 aromatic rings. The molecule has 0 fully saturated rings. The summed E-state index contributed by atoms with van der Waals surface area (Å²) in [5.74, 6) is 0.787. The third kappa shape index (κ3) is 3.09. The second-order valence-electron chi connectivity index (χ2n) is 4.14. The molecule has 74 valence electrons. The van der Waals surface area contributed by atoms with E-state index in [0.717, 1.165) is 11.2 Å². The first-order chi connectivity index (χ1) is 5.49. The lowest BCUT2D eigenvalue weighted by atomic mass is 9.73. The summed E-state index contributed by atoms with van der Waals surface area (Å²) in [6, 6.07) is 0. The van der Waals surface area contributed by atoms with Crippen molar-refractivity contribution in [3.8, 4) is 0 Å². The Labute approximate surface area is 93.9 Å². The fraction of sp³-hybridized carbons (Fsp3) is 1.00. The third-order valence-corrected chi connectivity index (χ3v) is 6.26. The molecule has 2 atom stereocenters. The van der Waals surface area contributed by atoms with Gasteiger partial charge in [0.05, 0.1) is 0 Å². The van der Waals surface area contributed by atoms with Crippen molar-refractivity contribution in [3.05, 3.63) is 0 Å². The highest BCUT2D eigenvalue weighted by molar-refractivity contribution is 14.2. The Morgan fingerprint density at radius 3 is 2.08 bits per heavy atom. The van der Waals surface area contributed by atoms with Crippen LogP contribution in [0.15, 0.2) is 0 Å². The molecule has 0 N–H and O–H groups in total. The molecule has 1 unspecified atom stereocenters. The van der Waals surface area contributed by atoms with E-state index >= 15 is 0 Å². The van der Waals surface area contributed by atoms with E-state index < -0.39 is 0 Å². The molecule has 0 aromatic heterocycles. The second kappa shape index (κ2) is 5.74. The zero-order chi connectivity index (χ0) is 9.78. The molecule has 12 heavy (non-hydrogen) atoms. The first kappa shape index (κ1) is 13.1. The second-order valence-corrected chi connectivity index (χ2v) is 6.55. The minimum atomic E-state index is 0.514. The van der Waals surface area contributed by atoms with E-state index in [9.17, 15) is 0 Å². The lowest BCUT2D eigenvalue weighted by molar-refractivity contribution is 0.198. The average molecular weight is 300 g/mol. The predicted molar refractivity (Wildman–Crippen MR) is 68.9 cm³/mol. The quantitative estimate of drug-likeness (QED) is 0.649. The molecule has 0 aliphatic rings. The maximum absolute atomic E-state index is 2.43. The van der Waals surface area contributed by atoms with Gasteiger partial charge >= 0.3 is 0 Å². The molecule has 0 aliphatic heterocycles. The molecule has 0 amide bonds. The molecule has 0 radical (unpaired) electrons. The van der Waals surface area contributed by atoms with Crippen molar-refractivity contribution >= 4 is 30.1 Å². The van der Waals surface area contributed by atoms with Crippen LogP contribution in [0.3, 0.4) is 0 Å². The minimum Gasteiger partial charge on any atom is -0.0857 e. The molecule has 0 nitrogen and oxygen atoms in total. The van der Waals surface area contributed by atoms with Gasteiger partial charge in [0.15, 0.2) is 0 Å². The Balaban J connectivity index is 4.37. The molecule has 0 aromatic carbocycles. The van der Waals surface area contributed by atoms with Gasteiger partial charge in [-0.1, -0.05) is 50.0 Å². The Bertz CT molecular complexity index is 125. The third-order valence-electron chi connectivity index (χ3n) is 3.17. The highest BCUT2D eigenvalue weighted by Crippen LogP contribution is 2.43. The van der Waals surface area contributed by atoms with Gasteiger partial charge in [-0.25, -0.2) is 0 Å². The predicted octanol–water partition coefficient (Wildman–Crippen LogP) is 4.92. The largest absolute Gasteiger partial charge is 0.0857 e. The van der Waals surface area contributed by atoms with Crippen LogP contribution >= 0.6 is 30.1 Å². The molecule has 0 spiro atoms. The highest BCUT2D eigenvalue weighted by atomic mass is 127. The van der Waals surface area contributed by atoms with Crippen molar-refractivity contribution in [2.24, 2.45) is 11.3 Å². The zero-order valence-corrected chi connectivity index (χ0v) is 11.8. The van der Waals surface area contributed by atoms with Crippen molar-refractivity contribution in [2.75, 3.05) is 0 Å². The van der Waals surface area contributed by atoms with Crippen LogP contribution in [-0.2, 0) is 0 Å². The normalized spacial score (nSPS) is 19.2. The van der Waals surface area contributed by atoms with Crippen LogP contribution < -0.4 is 0 Å². The topological polar surface area (TPSA) is 0 Å². The van der Waals surface area contributed by atoms with Gasteiger partial charge < -0.3 is 0 Å². The summed E-state index contributed by atoms with van der Waals surface area (Å²) in [7, 11) is 1.97. The first-order valence-electron chi connectivity index (χ1n) is 4.76. The van der Waals surface area contributed by atoms with Crippen LogP contribution in [0.5, 0.6) is 0 Å². The summed E-state index contributed by atoms with van der Waals surface area (Å²) in [6.07, 6.45) is 2.65. The fourth-order valence-electron chi connectivity index (χ4n) is 1.60. The van der Waals surface area contributed by atoms with E-state index in [-0.39, 0.29) is 0 Å². The zero-order valence-electron chi connectivity index (χ0n) is 8.86. The standard InChI is InChI=1S/C10H21IS/c1-6-7-10(5,8(2)3)9(4)12-11/h8-9H,6-7H2,1-5H3/t9?,10-/m0/s1. The SMILES string of the molecule is CCC[C@@](C)(C(C)C)C(C)SI. The number of hydrogen-bond acceptors (Lipinski definition) is 1. The van der Waals surface area contributed by atoms with E-state index in [2.05, 4.69) is 55.8 Å². The maximum Gasteiger partial charge on any atom is 0.0175 e. The Morgan fingerprint density at radius 2 is 1.83 bits per heavy atom. The number of halogens is 1. The van der Waals surface area contributed by atoms with Gasteiger partial charge in [-0.15, -0.1) is 0 Å². The summed E-state index contributed by atoms with van der Waals surface area (Å²) in [6.45, 7) is 11.8. The maximum atomic E-state index is 2.43. The molecule has 0 saturated heterocycles. The number of rotatable bonds is 5. The summed E-state index contributed by atoms with van der Waals surface area (Å²) in [5.41, 5.74) is 0.514. The van der Waals surface area contributed by atoms with Crippen LogP contribution in [0, 0.1) is 11.3 Å². The molecular formula is C10H21IS. The Hall–Kier alpha value is 1.08. The van der Waals surface area contributed by atoms with Crippen LogP contribution in [-0.4, -0.2) is 5.25 Å². The van der Waals surface area contributed by atoms with Crippen molar-refractivity contribution in [3.63, 3.8) is 0 Å². The van der Waals surface area contributed by atoms with Gasteiger partial charge in [-0.05, 0) is 39.0 Å². The Kier molecular flexibility index (Phi) is 6.25. The van der Waals surface area contributed by atoms with E-state index in [4.69, 9.17) is 0 Å². The van der Waals surface area contributed by atoms with Crippen LogP contribution in [0.2, 0.25) is 0 Å². The highest BCUT2D eigenvalue weighted by Gasteiger charge is 2.33. The molecule has 0 heterocycles. The van der Waals surface area contributed by atoms with Gasteiger partial charge in [-0.2, -0.15) is 0 Å². The molecular weight excluding hydrogens is 279 g/mol. The van der Waals surface area contributed by atoms with Gasteiger partial charge in [0.1, 0.15) is 0 Å². The fourth-order valence-corrected chi connectivity index (χ4v) is 3.94. The molecule has 0 bridgehead atoms. The monoisotopic (exact) mass is 300 g/mol. The van der Waals surface area contributed by atoms with Crippen molar-refractivity contribution in [1.29, 1.82) is 0 Å². The van der Waals surface area contributed by atoms with E-state index in [0.29, 0.717) is 5.41 Å². The smallest absolute Gasteiger partial charge is 0.0175 e. The van der Waals surface area contributed by atoms with Gasteiger partial charge in [0.2, 0.25) is 0 Å². The van der Waals surface area contributed by atoms with Crippen molar-refractivity contribution in [1.82, 2.24) is 0 Å². The van der Waals surface area contributed by atoms with Crippen LogP contribution in [0.25, 0.3) is 0 Å². The van der Waals surface area contributed by atoms with Crippen molar-refractivity contribution < 1.29 is 0 Å². The number of hydrogen-bond donors (Lipinski definition) is 0. The lowest BCUT2D eigenvalue weighted by Crippen LogP contribution is -2.32. The molecule has 2 heteroatoms. The summed E-state index contributed by atoms with van der Waals surface area (Å²) in [4.78, 5) is 0. The Morgan fingerprint density at radius 1 is 1.33 bits per heavy atom. The van der Waals surface area contributed by atoms with Crippen molar-refractivity contribution in [2.45, 2.75) is 52.7 Å². The summed E-state index contributed by atoms with van der Waals surface area (Å²) >= 11 is 2.43. The van der Waals surface area contributed by atoms with E-state index in [1.54, 1.807) is 0 Å². The molecule has 0 rings (SSSR count). The van der Waals surface area contributed by atoms with Gasteiger partial charge in [-0.3, -0.25) is 0 Å². The summed E-state index contributed by atoms with van der Waals surface area (Å²) < 4.78 is 0. The minimum absolute atomic E-state index is 0.514. The summed E-state index contributed by atoms with van der Waals surface area (Å²) in [5, 5.41) is 0.762. The lowest BCUT2D eigenvalue weighted by Gasteiger charge is -2.38. The van der Waals surface area contributed by atoms with Gasteiger partial charge in [0.25, 0.3) is 0 Å². The first-order valence-corrected chi connectivity index (χ1v) is 8.18. The van der Waals surface area contributed by atoms with Crippen LogP contribution in [0.4, 0.5) is 0 Å². The average Bonchev–Trinajstić information content (AvgIpc) is 2.03. The molecule has 0 saturated carbocycles. The molecule has 0 aliphatic carbocycles. The van der Waals surface area contributed by atoms with Crippen LogP contribution in [0.1, 0.15) is 47.5 Å². The van der Waals surface area contributed by atoms with E-state index in [1.807, 2.05) is 8.93 Å². The van der Waals surface area contributed by atoms with Gasteiger partial charge in [0, 0.05) is 5.25 Å².